The summed E-state index contributed by atoms with van der Waals surface area (Å²) in [6.45, 7) is -0.276. The van der Waals surface area contributed by atoms with Gasteiger partial charge in [0.2, 0.25) is 5.91 Å². The minimum absolute atomic E-state index is 0.123. The number of benzene rings is 2. The molecular weight excluding hydrogens is 376 g/mol. The highest BCUT2D eigenvalue weighted by Gasteiger charge is 2.18. The van der Waals surface area contributed by atoms with E-state index >= 15 is 0 Å². The Balaban J connectivity index is 1.51. The van der Waals surface area contributed by atoms with E-state index in [-0.39, 0.29) is 18.1 Å². The zero-order valence-corrected chi connectivity index (χ0v) is 16.4. The molecule has 0 atom stereocenters. The van der Waals surface area contributed by atoms with Crippen LogP contribution in [0.25, 0.3) is 0 Å². The summed E-state index contributed by atoms with van der Waals surface area (Å²) in [5, 5.41) is 4.93. The number of nitrogens with one attached hydrogen (secondary N) is 2. The highest BCUT2D eigenvalue weighted by atomic mass is 19.2. The maximum absolute atomic E-state index is 13.2. The number of rotatable bonds is 6. The molecule has 2 N–H and O–H groups in total. The molecule has 0 heterocycles. The lowest BCUT2D eigenvalue weighted by molar-refractivity contribution is -0.115. The molecule has 2 aromatic rings. The standard InChI is InChI=1S/C22H25F2N3O2/c1-27(17-5-3-2-4-6-17)18-10-7-15(8-11-18)22(29)25-14-21(28)26-16-9-12-19(23)20(24)13-16/h7-13,17H,2-6,14H2,1H3,(H,25,29)(H,26,28). The topological polar surface area (TPSA) is 61.4 Å². The van der Waals surface area contributed by atoms with Crippen LogP contribution in [0.2, 0.25) is 0 Å². The van der Waals surface area contributed by atoms with Gasteiger partial charge in [0.15, 0.2) is 11.6 Å². The summed E-state index contributed by atoms with van der Waals surface area (Å²) in [5.74, 6) is -2.95. The van der Waals surface area contributed by atoms with E-state index in [9.17, 15) is 18.4 Å². The average Bonchev–Trinajstić information content (AvgIpc) is 2.75. The van der Waals surface area contributed by atoms with Crippen LogP contribution in [0.15, 0.2) is 42.5 Å². The number of hydrogen-bond acceptors (Lipinski definition) is 3. The molecular formula is C22H25F2N3O2. The third kappa shape index (κ3) is 5.53. The summed E-state index contributed by atoms with van der Waals surface area (Å²) < 4.78 is 26.1. The molecule has 1 saturated carbocycles. The first-order chi connectivity index (χ1) is 13.9. The monoisotopic (exact) mass is 401 g/mol. The van der Waals surface area contributed by atoms with Crippen LogP contribution < -0.4 is 15.5 Å². The van der Waals surface area contributed by atoms with Crippen molar-refractivity contribution in [3.8, 4) is 0 Å². The number of hydrogen-bond donors (Lipinski definition) is 2. The second-order valence-corrected chi connectivity index (χ2v) is 7.31. The van der Waals surface area contributed by atoms with Crippen molar-refractivity contribution in [1.82, 2.24) is 5.32 Å². The summed E-state index contributed by atoms with van der Waals surface area (Å²) in [6.07, 6.45) is 6.18. The van der Waals surface area contributed by atoms with Crippen LogP contribution in [0, 0.1) is 11.6 Å². The van der Waals surface area contributed by atoms with Gasteiger partial charge in [0, 0.05) is 36.1 Å². The molecule has 2 aromatic carbocycles. The number of nitrogens with zero attached hydrogens (tertiary/aromatic N) is 1. The Morgan fingerprint density at radius 2 is 1.69 bits per heavy atom. The van der Waals surface area contributed by atoms with Crippen LogP contribution in [0.3, 0.4) is 0 Å². The van der Waals surface area contributed by atoms with Crippen LogP contribution in [0.4, 0.5) is 20.2 Å². The first kappa shape index (κ1) is 20.8. The van der Waals surface area contributed by atoms with Gasteiger partial charge in [0.05, 0.1) is 6.54 Å². The van der Waals surface area contributed by atoms with Crippen LogP contribution in [-0.2, 0) is 4.79 Å². The highest BCUT2D eigenvalue weighted by molar-refractivity contribution is 5.99. The van der Waals surface area contributed by atoms with Gasteiger partial charge in [-0.3, -0.25) is 9.59 Å². The van der Waals surface area contributed by atoms with Crippen molar-refractivity contribution in [1.29, 1.82) is 0 Å². The van der Waals surface area contributed by atoms with E-state index in [1.807, 2.05) is 12.1 Å². The van der Waals surface area contributed by atoms with E-state index in [1.54, 1.807) is 12.1 Å². The predicted octanol–water partition coefficient (Wildman–Crippen LogP) is 4.10. The van der Waals surface area contributed by atoms with Crippen molar-refractivity contribution in [2.75, 3.05) is 23.8 Å². The van der Waals surface area contributed by atoms with Gasteiger partial charge in [-0.1, -0.05) is 19.3 Å². The Bertz CT molecular complexity index is 865. The summed E-state index contributed by atoms with van der Waals surface area (Å²) >= 11 is 0. The molecule has 0 aromatic heterocycles. The Morgan fingerprint density at radius 1 is 1.00 bits per heavy atom. The lowest BCUT2D eigenvalue weighted by Gasteiger charge is -2.33. The van der Waals surface area contributed by atoms with Crippen LogP contribution in [0.5, 0.6) is 0 Å². The SMILES string of the molecule is CN(c1ccc(C(=O)NCC(=O)Nc2ccc(F)c(F)c2)cc1)C1CCCCC1. The first-order valence-corrected chi connectivity index (χ1v) is 9.80. The number of amides is 2. The molecule has 5 nitrogen and oxygen atoms in total. The lowest BCUT2D eigenvalue weighted by Crippen LogP contribution is -2.34. The maximum Gasteiger partial charge on any atom is 0.251 e. The Morgan fingerprint density at radius 3 is 2.34 bits per heavy atom. The molecule has 0 spiro atoms. The molecule has 0 radical (unpaired) electrons. The van der Waals surface area contributed by atoms with E-state index in [0.29, 0.717) is 11.6 Å². The van der Waals surface area contributed by atoms with E-state index in [1.165, 1.54) is 38.2 Å². The fraction of sp³-hybridized carbons (Fsp3) is 0.364. The third-order valence-electron chi connectivity index (χ3n) is 5.27. The average molecular weight is 401 g/mol. The summed E-state index contributed by atoms with van der Waals surface area (Å²) in [5.41, 5.74) is 1.63. The van der Waals surface area contributed by atoms with Gasteiger partial charge in [-0.25, -0.2) is 8.78 Å². The molecule has 0 bridgehead atoms. The van der Waals surface area contributed by atoms with E-state index in [2.05, 4.69) is 22.6 Å². The van der Waals surface area contributed by atoms with Crippen molar-refractivity contribution in [3.05, 3.63) is 59.7 Å². The second kappa shape index (κ2) is 9.49. The lowest BCUT2D eigenvalue weighted by atomic mass is 9.94. The summed E-state index contributed by atoms with van der Waals surface area (Å²) in [4.78, 5) is 26.4. The predicted molar refractivity (Wildman–Crippen MR) is 109 cm³/mol. The second-order valence-electron chi connectivity index (χ2n) is 7.31. The molecule has 1 fully saturated rings. The van der Waals surface area contributed by atoms with Gasteiger partial charge in [0.1, 0.15) is 0 Å². The Kier molecular flexibility index (Phi) is 6.80. The van der Waals surface area contributed by atoms with Crippen molar-refractivity contribution >= 4 is 23.2 Å². The molecule has 29 heavy (non-hydrogen) atoms. The van der Waals surface area contributed by atoms with E-state index in [4.69, 9.17) is 0 Å². The minimum atomic E-state index is -1.05. The largest absolute Gasteiger partial charge is 0.372 e. The zero-order chi connectivity index (χ0) is 20.8. The van der Waals surface area contributed by atoms with Gasteiger partial charge in [-0.2, -0.15) is 0 Å². The smallest absolute Gasteiger partial charge is 0.251 e. The van der Waals surface area contributed by atoms with Gasteiger partial charge in [0.25, 0.3) is 5.91 Å². The van der Waals surface area contributed by atoms with Crippen LogP contribution in [-0.4, -0.2) is 31.4 Å². The molecule has 7 heteroatoms. The van der Waals surface area contributed by atoms with Crippen molar-refractivity contribution in [2.45, 2.75) is 38.1 Å². The van der Waals surface area contributed by atoms with Crippen molar-refractivity contribution in [3.63, 3.8) is 0 Å². The van der Waals surface area contributed by atoms with Gasteiger partial charge in [-0.15, -0.1) is 0 Å². The van der Waals surface area contributed by atoms with Crippen molar-refractivity contribution < 1.29 is 18.4 Å². The van der Waals surface area contributed by atoms with Gasteiger partial charge >= 0.3 is 0 Å². The number of halogens is 2. The van der Waals surface area contributed by atoms with Crippen LogP contribution >= 0.6 is 0 Å². The quantitative estimate of drug-likeness (QED) is 0.766. The molecule has 3 rings (SSSR count). The summed E-state index contributed by atoms with van der Waals surface area (Å²) in [6, 6.07) is 10.9. The minimum Gasteiger partial charge on any atom is -0.372 e. The van der Waals surface area contributed by atoms with Gasteiger partial charge in [-0.05, 0) is 49.2 Å². The molecule has 0 saturated heterocycles. The Hall–Kier alpha value is -2.96. The normalized spacial score (nSPS) is 14.3. The number of carbonyl (C=O) groups is 2. The fourth-order valence-corrected chi connectivity index (χ4v) is 3.57. The van der Waals surface area contributed by atoms with E-state index in [0.717, 1.165) is 17.8 Å². The Labute approximate surface area is 169 Å². The molecule has 2 amide bonds. The first-order valence-electron chi connectivity index (χ1n) is 9.80. The highest BCUT2D eigenvalue weighted by Crippen LogP contribution is 2.26. The molecule has 0 aliphatic heterocycles. The molecule has 154 valence electrons. The van der Waals surface area contributed by atoms with E-state index < -0.39 is 17.5 Å². The molecule has 0 unspecified atom stereocenters. The maximum atomic E-state index is 13.2. The fourth-order valence-electron chi connectivity index (χ4n) is 3.57. The number of anilines is 2. The number of carbonyl (C=O) groups excluding carboxylic acids is 2. The molecule has 1 aliphatic rings. The zero-order valence-electron chi connectivity index (χ0n) is 16.4. The third-order valence-corrected chi connectivity index (χ3v) is 5.27. The van der Waals surface area contributed by atoms with Crippen LogP contribution in [0.1, 0.15) is 42.5 Å². The summed E-state index contributed by atoms with van der Waals surface area (Å²) in [7, 11) is 2.08. The van der Waals surface area contributed by atoms with Gasteiger partial charge < -0.3 is 15.5 Å². The van der Waals surface area contributed by atoms with Crippen molar-refractivity contribution in [2.24, 2.45) is 0 Å². The molecule has 1 aliphatic carbocycles.